The number of carbonyl (C=O) groups is 2. The van der Waals surface area contributed by atoms with E-state index in [4.69, 9.17) is 9.84 Å². The molecule has 1 atom stereocenters. The number of hydrogen-bond acceptors (Lipinski definition) is 5. The second kappa shape index (κ2) is 9.41. The molecule has 0 fully saturated rings. The largest absolute Gasteiger partial charge is 0.494 e. The third kappa shape index (κ3) is 8.02. The summed E-state index contributed by atoms with van der Waals surface area (Å²) >= 11 is 0. The van der Waals surface area contributed by atoms with Crippen LogP contribution < -0.4 is 10.1 Å². The maximum atomic E-state index is 11.8. The van der Waals surface area contributed by atoms with Gasteiger partial charge in [-0.2, -0.15) is 0 Å². The van der Waals surface area contributed by atoms with Gasteiger partial charge in [-0.1, -0.05) is 13.8 Å². The zero-order valence-electron chi connectivity index (χ0n) is 14.7. The van der Waals surface area contributed by atoms with Gasteiger partial charge in [-0.05, 0) is 43.0 Å². The van der Waals surface area contributed by atoms with E-state index >= 15 is 0 Å². The molecule has 25 heavy (non-hydrogen) atoms. The van der Waals surface area contributed by atoms with Gasteiger partial charge in [-0.25, -0.2) is 13.2 Å². The third-order valence-electron chi connectivity index (χ3n) is 3.41. The van der Waals surface area contributed by atoms with Gasteiger partial charge in [0.1, 0.15) is 11.8 Å². The Balaban J connectivity index is 2.37. The smallest absolute Gasteiger partial charge is 0.326 e. The predicted molar refractivity (Wildman–Crippen MR) is 93.3 cm³/mol. The standard InChI is InChI=1S/C17H25NO6S/c1-12(2)11-15(17(20)21)18-16(19)5-4-10-24-13-6-8-14(9-7-13)25(3,22)23/h6-9,12,15H,4-5,10-11H2,1-3H3,(H,18,19)(H,20,21). The summed E-state index contributed by atoms with van der Waals surface area (Å²) in [5.74, 6) is -0.691. The van der Waals surface area contributed by atoms with Crippen LogP contribution >= 0.6 is 0 Å². The molecule has 0 spiro atoms. The first-order valence-electron chi connectivity index (χ1n) is 8.04. The van der Waals surface area contributed by atoms with E-state index in [9.17, 15) is 18.0 Å². The highest BCUT2D eigenvalue weighted by Crippen LogP contribution is 2.16. The normalized spacial score (nSPS) is 12.6. The molecular formula is C17H25NO6S. The summed E-state index contributed by atoms with van der Waals surface area (Å²) in [5.41, 5.74) is 0. The van der Waals surface area contributed by atoms with Crippen molar-refractivity contribution in [1.29, 1.82) is 0 Å². The fourth-order valence-electron chi connectivity index (χ4n) is 2.17. The zero-order chi connectivity index (χ0) is 19.0. The Kier molecular flexibility index (Phi) is 7.89. The first-order chi connectivity index (χ1) is 11.6. The molecule has 0 aliphatic heterocycles. The van der Waals surface area contributed by atoms with Crippen LogP contribution in [0, 0.1) is 5.92 Å². The van der Waals surface area contributed by atoms with E-state index in [1.165, 1.54) is 12.1 Å². The van der Waals surface area contributed by atoms with Crippen LogP contribution in [0.3, 0.4) is 0 Å². The van der Waals surface area contributed by atoms with Crippen LogP contribution in [0.1, 0.15) is 33.1 Å². The molecule has 0 aliphatic rings. The number of carboxylic acid groups (broad SMARTS) is 1. The van der Waals surface area contributed by atoms with Crippen LogP contribution in [0.5, 0.6) is 5.75 Å². The fourth-order valence-corrected chi connectivity index (χ4v) is 2.80. The van der Waals surface area contributed by atoms with Gasteiger partial charge < -0.3 is 15.2 Å². The van der Waals surface area contributed by atoms with Crippen LogP contribution in [0.4, 0.5) is 0 Å². The van der Waals surface area contributed by atoms with Gasteiger partial charge in [0.05, 0.1) is 11.5 Å². The topological polar surface area (TPSA) is 110 Å². The molecule has 0 radical (unpaired) electrons. The molecule has 0 aromatic heterocycles. The second-order valence-electron chi connectivity index (χ2n) is 6.28. The van der Waals surface area contributed by atoms with Gasteiger partial charge in [0.25, 0.3) is 0 Å². The minimum absolute atomic E-state index is 0.156. The molecule has 1 aromatic rings. The van der Waals surface area contributed by atoms with Crippen molar-refractivity contribution in [2.24, 2.45) is 5.92 Å². The summed E-state index contributed by atoms with van der Waals surface area (Å²) in [5, 5.41) is 11.6. The van der Waals surface area contributed by atoms with E-state index in [1.54, 1.807) is 12.1 Å². The van der Waals surface area contributed by atoms with E-state index in [0.717, 1.165) is 6.26 Å². The number of rotatable bonds is 10. The maximum absolute atomic E-state index is 11.8. The van der Waals surface area contributed by atoms with Gasteiger partial charge in [0, 0.05) is 12.7 Å². The summed E-state index contributed by atoms with van der Waals surface area (Å²) in [6, 6.07) is 5.15. The first-order valence-corrected chi connectivity index (χ1v) is 9.94. The molecule has 0 saturated heterocycles. The Morgan fingerprint density at radius 2 is 1.80 bits per heavy atom. The maximum Gasteiger partial charge on any atom is 0.326 e. The van der Waals surface area contributed by atoms with Crippen LogP contribution in [-0.2, 0) is 19.4 Å². The molecular weight excluding hydrogens is 346 g/mol. The van der Waals surface area contributed by atoms with E-state index < -0.39 is 21.8 Å². The summed E-state index contributed by atoms with van der Waals surface area (Å²) in [4.78, 5) is 23.1. The van der Waals surface area contributed by atoms with Gasteiger partial charge in [0.2, 0.25) is 5.91 Å². The van der Waals surface area contributed by atoms with Crippen molar-refractivity contribution in [3.8, 4) is 5.75 Å². The lowest BCUT2D eigenvalue weighted by Gasteiger charge is -2.16. The molecule has 7 nitrogen and oxygen atoms in total. The number of hydrogen-bond donors (Lipinski definition) is 2. The summed E-state index contributed by atoms with van der Waals surface area (Å²) in [7, 11) is -3.24. The van der Waals surface area contributed by atoms with Crippen LogP contribution in [-0.4, -0.2) is 44.3 Å². The van der Waals surface area contributed by atoms with Crippen molar-refractivity contribution in [2.45, 2.75) is 44.0 Å². The van der Waals surface area contributed by atoms with Crippen molar-refractivity contribution in [3.63, 3.8) is 0 Å². The monoisotopic (exact) mass is 371 g/mol. The molecule has 0 heterocycles. The summed E-state index contributed by atoms with van der Waals surface area (Å²) < 4.78 is 28.2. The number of nitrogens with one attached hydrogen (secondary N) is 1. The molecule has 2 N–H and O–H groups in total. The van der Waals surface area contributed by atoms with Gasteiger partial charge in [-0.15, -0.1) is 0 Å². The summed E-state index contributed by atoms with van der Waals surface area (Å²) in [6.45, 7) is 4.06. The number of ether oxygens (including phenoxy) is 1. The lowest BCUT2D eigenvalue weighted by Crippen LogP contribution is -2.41. The molecule has 1 unspecified atom stereocenters. The van der Waals surface area contributed by atoms with Crippen LogP contribution in [0.15, 0.2) is 29.2 Å². The Bertz CT molecular complexity index is 682. The van der Waals surface area contributed by atoms with Crippen LogP contribution in [0.25, 0.3) is 0 Å². The highest BCUT2D eigenvalue weighted by Gasteiger charge is 2.20. The first kappa shape index (κ1) is 21.0. The Morgan fingerprint density at radius 1 is 1.20 bits per heavy atom. The van der Waals surface area contributed by atoms with E-state index in [0.29, 0.717) is 18.6 Å². The van der Waals surface area contributed by atoms with Gasteiger partial charge in [-0.3, -0.25) is 4.79 Å². The molecule has 1 aromatic carbocycles. The second-order valence-corrected chi connectivity index (χ2v) is 8.30. The van der Waals surface area contributed by atoms with Crippen molar-refractivity contribution >= 4 is 21.7 Å². The van der Waals surface area contributed by atoms with E-state index in [2.05, 4.69) is 5.32 Å². The number of sulfone groups is 1. The van der Waals surface area contributed by atoms with Crippen molar-refractivity contribution in [3.05, 3.63) is 24.3 Å². The highest BCUT2D eigenvalue weighted by molar-refractivity contribution is 7.90. The number of benzene rings is 1. The number of aliphatic carboxylic acids is 1. The highest BCUT2D eigenvalue weighted by atomic mass is 32.2. The van der Waals surface area contributed by atoms with Gasteiger partial charge >= 0.3 is 5.97 Å². The molecule has 1 amide bonds. The SMILES string of the molecule is CC(C)CC(NC(=O)CCCOc1ccc(S(C)(=O)=O)cc1)C(=O)O. The van der Waals surface area contributed by atoms with E-state index in [-0.39, 0.29) is 29.7 Å². The predicted octanol–water partition coefficient (Wildman–Crippen LogP) is 1.86. The lowest BCUT2D eigenvalue weighted by atomic mass is 10.0. The average Bonchev–Trinajstić information content (AvgIpc) is 2.50. The Labute approximate surface area is 148 Å². The quantitative estimate of drug-likeness (QED) is 0.608. The number of carboxylic acids is 1. The molecule has 0 saturated carbocycles. The molecule has 1 rings (SSSR count). The van der Waals surface area contributed by atoms with Gasteiger partial charge in [0.15, 0.2) is 9.84 Å². The summed E-state index contributed by atoms with van der Waals surface area (Å²) in [6.07, 6.45) is 2.09. The van der Waals surface area contributed by atoms with Crippen molar-refractivity contribution in [2.75, 3.05) is 12.9 Å². The lowest BCUT2D eigenvalue weighted by molar-refractivity contribution is -0.142. The molecule has 0 aliphatic carbocycles. The minimum Gasteiger partial charge on any atom is -0.494 e. The molecule has 8 heteroatoms. The average molecular weight is 371 g/mol. The fraction of sp³-hybridized carbons (Fsp3) is 0.529. The minimum atomic E-state index is -3.24. The molecule has 0 bridgehead atoms. The Morgan fingerprint density at radius 3 is 2.28 bits per heavy atom. The van der Waals surface area contributed by atoms with Crippen LogP contribution in [0.2, 0.25) is 0 Å². The van der Waals surface area contributed by atoms with E-state index in [1.807, 2.05) is 13.8 Å². The van der Waals surface area contributed by atoms with Crippen molar-refractivity contribution < 1.29 is 27.9 Å². The number of amides is 1. The third-order valence-corrected chi connectivity index (χ3v) is 4.54. The Hall–Kier alpha value is -2.09. The van der Waals surface area contributed by atoms with Crippen molar-refractivity contribution in [1.82, 2.24) is 5.32 Å². The zero-order valence-corrected chi connectivity index (χ0v) is 15.5. The molecule has 140 valence electrons. The number of carbonyl (C=O) groups excluding carboxylic acids is 1.